The maximum absolute atomic E-state index is 11.9. The first kappa shape index (κ1) is 17.2. The van der Waals surface area contributed by atoms with Gasteiger partial charge in [0, 0.05) is 12.0 Å². The zero-order valence-corrected chi connectivity index (χ0v) is 13.5. The van der Waals surface area contributed by atoms with Gasteiger partial charge in [-0.05, 0) is 48.2 Å². The Morgan fingerprint density at radius 3 is 2.17 bits per heavy atom. The molecule has 0 aliphatic heterocycles. The molecule has 2 aromatic rings. The molecule has 5 heteroatoms. The largest absolute Gasteiger partial charge is 0.273 e. The number of amides is 2. The molecule has 0 bridgehead atoms. The number of nitrogens with zero attached hydrogens (tertiary/aromatic N) is 1. The van der Waals surface area contributed by atoms with E-state index in [0.29, 0.717) is 17.5 Å². The van der Waals surface area contributed by atoms with E-state index in [2.05, 4.69) is 10.9 Å². The summed E-state index contributed by atoms with van der Waals surface area (Å²) in [6.45, 7) is 2.04. The van der Waals surface area contributed by atoms with E-state index in [9.17, 15) is 9.59 Å². The van der Waals surface area contributed by atoms with Gasteiger partial charge in [-0.2, -0.15) is 5.26 Å². The highest BCUT2D eigenvalue weighted by molar-refractivity contribution is 5.95. The van der Waals surface area contributed by atoms with Crippen LogP contribution < -0.4 is 10.9 Å². The van der Waals surface area contributed by atoms with Crippen molar-refractivity contribution >= 4 is 11.8 Å². The van der Waals surface area contributed by atoms with Crippen molar-refractivity contribution in [2.75, 3.05) is 0 Å². The quantitative estimate of drug-likeness (QED) is 0.830. The molecular weight excluding hydrogens is 302 g/mol. The molecule has 0 spiro atoms. The van der Waals surface area contributed by atoms with Crippen molar-refractivity contribution in [2.45, 2.75) is 26.2 Å². The van der Waals surface area contributed by atoms with Crippen LogP contribution in [0.1, 0.15) is 40.4 Å². The second-order valence-electron chi connectivity index (χ2n) is 5.36. The van der Waals surface area contributed by atoms with E-state index in [-0.39, 0.29) is 18.2 Å². The van der Waals surface area contributed by atoms with Crippen LogP contribution in [-0.4, -0.2) is 11.8 Å². The molecule has 0 aromatic heterocycles. The fourth-order valence-corrected chi connectivity index (χ4v) is 2.16. The van der Waals surface area contributed by atoms with Gasteiger partial charge in [0.25, 0.3) is 5.91 Å². The summed E-state index contributed by atoms with van der Waals surface area (Å²) < 4.78 is 0. The maximum atomic E-state index is 11.9. The molecule has 2 N–H and O–H groups in total. The topological polar surface area (TPSA) is 82.0 Å². The number of hydrogen-bond donors (Lipinski definition) is 2. The first-order valence-corrected chi connectivity index (χ1v) is 7.79. The van der Waals surface area contributed by atoms with E-state index >= 15 is 0 Å². The Kier molecular flexibility index (Phi) is 6.09. The van der Waals surface area contributed by atoms with Crippen LogP contribution in [0, 0.1) is 11.3 Å². The van der Waals surface area contributed by atoms with Gasteiger partial charge in [-0.25, -0.2) is 0 Å². The molecule has 2 rings (SSSR count). The normalized spacial score (nSPS) is 9.83. The minimum atomic E-state index is -0.343. The minimum absolute atomic E-state index is 0.251. The average molecular weight is 321 g/mol. The number of rotatable bonds is 5. The van der Waals surface area contributed by atoms with Crippen molar-refractivity contribution in [3.05, 3.63) is 70.8 Å². The zero-order chi connectivity index (χ0) is 17.4. The summed E-state index contributed by atoms with van der Waals surface area (Å²) in [5, 5.41) is 8.74. The van der Waals surface area contributed by atoms with E-state index in [4.69, 9.17) is 5.26 Å². The predicted octanol–water partition coefficient (Wildman–Crippen LogP) is 2.51. The van der Waals surface area contributed by atoms with Crippen LogP contribution in [-0.2, 0) is 17.6 Å². The van der Waals surface area contributed by atoms with Gasteiger partial charge >= 0.3 is 0 Å². The highest BCUT2D eigenvalue weighted by Gasteiger charge is 2.07. The Morgan fingerprint density at radius 2 is 1.58 bits per heavy atom. The van der Waals surface area contributed by atoms with Gasteiger partial charge in [0.1, 0.15) is 0 Å². The van der Waals surface area contributed by atoms with Crippen LogP contribution >= 0.6 is 0 Å². The summed E-state index contributed by atoms with van der Waals surface area (Å²) in [5.41, 5.74) is 8.02. The van der Waals surface area contributed by atoms with Crippen LogP contribution in [0.15, 0.2) is 48.5 Å². The van der Waals surface area contributed by atoms with Crippen molar-refractivity contribution in [2.24, 2.45) is 0 Å². The van der Waals surface area contributed by atoms with Gasteiger partial charge in [-0.3, -0.25) is 20.4 Å². The number of hydrazine groups is 1. The maximum Gasteiger partial charge on any atom is 0.269 e. The lowest BCUT2D eigenvalue weighted by atomic mass is 10.1. The van der Waals surface area contributed by atoms with Crippen molar-refractivity contribution in [1.29, 1.82) is 5.26 Å². The highest BCUT2D eigenvalue weighted by atomic mass is 16.2. The van der Waals surface area contributed by atoms with E-state index in [1.54, 1.807) is 24.3 Å². The van der Waals surface area contributed by atoms with Crippen LogP contribution in [0.5, 0.6) is 0 Å². The average Bonchev–Trinajstić information content (AvgIpc) is 2.64. The molecule has 0 saturated carbocycles. The molecule has 24 heavy (non-hydrogen) atoms. The lowest BCUT2D eigenvalue weighted by molar-refractivity contribution is -0.121. The Morgan fingerprint density at radius 1 is 0.958 bits per heavy atom. The first-order valence-electron chi connectivity index (χ1n) is 7.79. The van der Waals surface area contributed by atoms with E-state index in [1.807, 2.05) is 37.3 Å². The van der Waals surface area contributed by atoms with Crippen LogP contribution in [0.2, 0.25) is 0 Å². The summed E-state index contributed by atoms with van der Waals surface area (Å²) >= 11 is 0. The molecule has 0 aliphatic carbocycles. The Hall–Kier alpha value is -3.13. The number of carbonyl (C=O) groups excluding carboxylic acids is 2. The molecule has 0 radical (unpaired) electrons. The third-order valence-electron chi connectivity index (χ3n) is 3.66. The number of carbonyl (C=O) groups is 2. The van der Waals surface area contributed by atoms with Gasteiger partial charge in [-0.1, -0.05) is 31.2 Å². The van der Waals surface area contributed by atoms with Gasteiger partial charge in [0.2, 0.25) is 5.91 Å². The molecule has 5 nitrogen and oxygen atoms in total. The van der Waals surface area contributed by atoms with E-state index in [0.717, 1.165) is 17.5 Å². The molecular formula is C19H19N3O2. The molecule has 0 unspecified atom stereocenters. The first-order chi connectivity index (χ1) is 11.6. The van der Waals surface area contributed by atoms with Gasteiger partial charge in [0.15, 0.2) is 0 Å². The Balaban J connectivity index is 1.77. The molecule has 0 fully saturated rings. The lowest BCUT2D eigenvalue weighted by Crippen LogP contribution is -2.41. The zero-order valence-electron chi connectivity index (χ0n) is 13.5. The second kappa shape index (κ2) is 8.49. The van der Waals surface area contributed by atoms with Gasteiger partial charge in [0.05, 0.1) is 11.6 Å². The molecule has 0 atom stereocenters. The number of nitriles is 1. The standard InChI is InChI=1S/C19H19N3O2/c1-2-14-7-10-17(11-8-14)19(24)22-21-18(23)12-9-15-3-5-16(13-20)6-4-15/h3-8,10-11H,2,9,12H2,1H3,(H,21,23)(H,22,24). The molecule has 2 amide bonds. The molecule has 2 aromatic carbocycles. The lowest BCUT2D eigenvalue weighted by Gasteiger charge is -2.08. The van der Waals surface area contributed by atoms with Crippen LogP contribution in [0.3, 0.4) is 0 Å². The molecule has 0 aliphatic rings. The smallest absolute Gasteiger partial charge is 0.269 e. The molecule has 0 heterocycles. The van der Waals surface area contributed by atoms with Crippen molar-refractivity contribution in [3.8, 4) is 6.07 Å². The Labute approximate surface area is 141 Å². The van der Waals surface area contributed by atoms with Crippen molar-refractivity contribution < 1.29 is 9.59 Å². The number of aryl methyl sites for hydroxylation is 2. The third-order valence-corrected chi connectivity index (χ3v) is 3.66. The predicted molar refractivity (Wildman–Crippen MR) is 90.9 cm³/mol. The third kappa shape index (κ3) is 4.96. The molecule has 0 saturated heterocycles. The second-order valence-corrected chi connectivity index (χ2v) is 5.36. The molecule has 122 valence electrons. The highest BCUT2D eigenvalue weighted by Crippen LogP contribution is 2.06. The van der Waals surface area contributed by atoms with Crippen LogP contribution in [0.4, 0.5) is 0 Å². The number of benzene rings is 2. The van der Waals surface area contributed by atoms with Crippen molar-refractivity contribution in [3.63, 3.8) is 0 Å². The fourth-order valence-electron chi connectivity index (χ4n) is 2.16. The monoisotopic (exact) mass is 321 g/mol. The number of hydrogen-bond acceptors (Lipinski definition) is 3. The number of nitrogens with one attached hydrogen (secondary N) is 2. The summed E-state index contributed by atoms with van der Waals surface area (Å²) in [4.78, 5) is 23.7. The van der Waals surface area contributed by atoms with E-state index in [1.165, 1.54) is 0 Å². The minimum Gasteiger partial charge on any atom is -0.273 e. The summed E-state index contributed by atoms with van der Waals surface area (Å²) in [7, 11) is 0. The Bertz CT molecular complexity index is 744. The van der Waals surface area contributed by atoms with Gasteiger partial charge in [-0.15, -0.1) is 0 Å². The van der Waals surface area contributed by atoms with E-state index < -0.39 is 0 Å². The van der Waals surface area contributed by atoms with Crippen LogP contribution in [0.25, 0.3) is 0 Å². The summed E-state index contributed by atoms with van der Waals surface area (Å²) in [6.07, 6.45) is 1.70. The fraction of sp³-hybridized carbons (Fsp3) is 0.211. The summed E-state index contributed by atoms with van der Waals surface area (Å²) in [6, 6.07) is 16.4. The summed E-state index contributed by atoms with van der Waals surface area (Å²) in [5.74, 6) is -0.609. The van der Waals surface area contributed by atoms with Gasteiger partial charge < -0.3 is 0 Å². The van der Waals surface area contributed by atoms with Crippen molar-refractivity contribution in [1.82, 2.24) is 10.9 Å². The SMILES string of the molecule is CCc1ccc(C(=O)NNC(=O)CCc2ccc(C#N)cc2)cc1.